The minimum absolute atomic E-state index is 0.0281. The van der Waals surface area contributed by atoms with Crippen LogP contribution >= 0.6 is 0 Å². The number of carbonyl (C=O) groups is 4. The number of amides is 2. The van der Waals surface area contributed by atoms with E-state index >= 15 is 4.39 Å². The third kappa shape index (κ3) is 10.5. The van der Waals surface area contributed by atoms with Crippen molar-refractivity contribution >= 4 is 23.8 Å². The fourth-order valence-corrected chi connectivity index (χ4v) is 3.76. The van der Waals surface area contributed by atoms with Crippen molar-refractivity contribution in [3.63, 3.8) is 0 Å². The first-order chi connectivity index (χ1) is 17.0. The number of benzene rings is 1. The molecule has 0 spiro atoms. The van der Waals surface area contributed by atoms with Gasteiger partial charge in [-0.05, 0) is 60.1 Å². The van der Waals surface area contributed by atoms with Gasteiger partial charge in [-0.1, -0.05) is 44.2 Å². The molecular weight excluding hydrogens is 481 g/mol. The highest BCUT2D eigenvalue weighted by molar-refractivity contribution is 5.97. The van der Waals surface area contributed by atoms with Gasteiger partial charge in [0.2, 0.25) is 5.91 Å². The Morgan fingerprint density at radius 3 is 1.95 bits per heavy atom. The van der Waals surface area contributed by atoms with Crippen LogP contribution < -0.4 is 16.0 Å². The van der Waals surface area contributed by atoms with Crippen LogP contribution in [0.25, 0.3) is 0 Å². The third-order valence-corrected chi connectivity index (χ3v) is 5.55. The summed E-state index contributed by atoms with van der Waals surface area (Å²) >= 11 is 0. The summed E-state index contributed by atoms with van der Waals surface area (Å²) in [7, 11) is 1.42. The maximum Gasteiger partial charge on any atom is 0.408 e. The lowest BCUT2D eigenvalue weighted by Gasteiger charge is -2.36. The number of Topliss-reactive ketones (excluding diaryl/α,β-unsaturated/α-hetero) is 1. The van der Waals surface area contributed by atoms with E-state index in [0.29, 0.717) is 0 Å². The second-order valence-corrected chi connectivity index (χ2v) is 10.9. The van der Waals surface area contributed by atoms with Gasteiger partial charge in [0.05, 0.1) is 18.0 Å². The molecule has 37 heavy (non-hydrogen) atoms. The first-order valence-electron chi connectivity index (χ1n) is 12.4. The van der Waals surface area contributed by atoms with Gasteiger partial charge < -0.3 is 25.4 Å². The number of ketones is 1. The Bertz CT molecular complexity index is 924. The molecular formula is C27H42FN3O6. The molecule has 10 heteroatoms. The second-order valence-electron chi connectivity index (χ2n) is 10.9. The lowest BCUT2D eigenvalue weighted by Crippen LogP contribution is -2.61. The molecule has 3 N–H and O–H groups in total. The minimum atomic E-state index is -2.15. The van der Waals surface area contributed by atoms with Gasteiger partial charge in [0.15, 0.2) is 5.78 Å². The van der Waals surface area contributed by atoms with Gasteiger partial charge in [0.1, 0.15) is 23.9 Å². The molecule has 0 aliphatic carbocycles. The highest BCUT2D eigenvalue weighted by Gasteiger charge is 2.47. The van der Waals surface area contributed by atoms with Gasteiger partial charge in [-0.25, -0.2) is 14.0 Å². The SMILES string of the molecule is CN[C@@H](C(=O)N[C@@H](C)C(=O)OCc1ccccc1)[C@@H](C(=O)[C@@H](NC(=O)OC(C)(C)C)C(C)C)C(C)(C)F. The van der Waals surface area contributed by atoms with Crippen LogP contribution in [-0.4, -0.2) is 60.2 Å². The lowest BCUT2D eigenvalue weighted by molar-refractivity contribution is -0.149. The largest absolute Gasteiger partial charge is 0.459 e. The Morgan fingerprint density at radius 2 is 1.49 bits per heavy atom. The highest BCUT2D eigenvalue weighted by Crippen LogP contribution is 2.29. The number of carbonyl (C=O) groups excluding carboxylic acids is 4. The van der Waals surface area contributed by atoms with Gasteiger partial charge in [-0.3, -0.25) is 9.59 Å². The van der Waals surface area contributed by atoms with Crippen LogP contribution in [0, 0.1) is 11.8 Å². The quantitative estimate of drug-likeness (QED) is 0.359. The lowest BCUT2D eigenvalue weighted by atomic mass is 9.77. The van der Waals surface area contributed by atoms with E-state index in [9.17, 15) is 19.2 Å². The molecule has 9 nitrogen and oxygen atoms in total. The van der Waals surface area contributed by atoms with E-state index in [2.05, 4.69) is 16.0 Å². The number of ether oxygens (including phenoxy) is 2. The molecule has 0 fully saturated rings. The summed E-state index contributed by atoms with van der Waals surface area (Å²) in [5, 5.41) is 7.74. The molecule has 0 unspecified atom stereocenters. The van der Waals surface area contributed by atoms with Crippen LogP contribution in [-0.2, 0) is 30.5 Å². The van der Waals surface area contributed by atoms with Crippen LogP contribution in [0.15, 0.2) is 30.3 Å². The normalized spacial score (nSPS) is 15.2. The molecule has 0 radical (unpaired) electrons. The Kier molecular flexibility index (Phi) is 11.7. The minimum Gasteiger partial charge on any atom is -0.459 e. The van der Waals surface area contributed by atoms with Crippen LogP contribution in [0.3, 0.4) is 0 Å². The van der Waals surface area contributed by atoms with Crippen molar-refractivity contribution < 1.29 is 33.0 Å². The number of likely N-dealkylation sites (N-methyl/N-ethyl adjacent to an activating group) is 1. The Balaban J connectivity index is 3.05. The molecule has 0 saturated heterocycles. The smallest absolute Gasteiger partial charge is 0.408 e. The van der Waals surface area contributed by atoms with E-state index in [0.717, 1.165) is 5.56 Å². The molecule has 0 aliphatic heterocycles. The van der Waals surface area contributed by atoms with Gasteiger partial charge in [-0.2, -0.15) is 0 Å². The topological polar surface area (TPSA) is 123 Å². The number of alkyl halides is 1. The van der Waals surface area contributed by atoms with Gasteiger partial charge >= 0.3 is 12.1 Å². The van der Waals surface area contributed by atoms with Gasteiger partial charge in [0, 0.05) is 0 Å². The maximum absolute atomic E-state index is 15.5. The van der Waals surface area contributed by atoms with Crippen LogP contribution in [0.5, 0.6) is 0 Å². The number of halogens is 1. The number of esters is 1. The molecule has 0 aliphatic rings. The zero-order chi connectivity index (χ0) is 28.6. The molecule has 0 bridgehead atoms. The van der Waals surface area contributed by atoms with Crippen molar-refractivity contribution in [3.8, 4) is 0 Å². The molecule has 0 saturated carbocycles. The summed E-state index contributed by atoms with van der Waals surface area (Å²) in [6.07, 6.45) is -0.824. The van der Waals surface area contributed by atoms with Crippen molar-refractivity contribution in [2.24, 2.45) is 11.8 Å². The first kappa shape index (κ1) is 32.0. The predicted octanol–water partition coefficient (Wildman–Crippen LogP) is 3.31. The van der Waals surface area contributed by atoms with Crippen molar-refractivity contribution in [1.82, 2.24) is 16.0 Å². The highest BCUT2D eigenvalue weighted by atomic mass is 19.1. The molecule has 1 aromatic carbocycles. The fraction of sp³-hybridized carbons (Fsp3) is 0.630. The van der Waals surface area contributed by atoms with E-state index in [-0.39, 0.29) is 6.61 Å². The number of rotatable bonds is 12. The second kappa shape index (κ2) is 13.5. The standard InChI is InChI=1S/C27H42FN3O6/c1-16(2)20(31-25(35)37-26(4,5)6)22(32)19(27(7,8)28)21(29-9)23(33)30-17(3)24(34)36-15-18-13-11-10-12-14-18/h10-14,16-17,19-21,29H,15H2,1-9H3,(H,30,33)(H,31,35)/t17-,19-,20-,21+/m0/s1. The number of alkyl carbamates (subject to hydrolysis) is 1. The molecule has 0 aromatic heterocycles. The first-order valence-corrected chi connectivity index (χ1v) is 12.4. The zero-order valence-electron chi connectivity index (χ0n) is 23.3. The molecule has 2 amide bonds. The third-order valence-electron chi connectivity index (χ3n) is 5.55. The van der Waals surface area contributed by atoms with Crippen molar-refractivity contribution in [2.45, 2.75) is 91.4 Å². The molecule has 208 valence electrons. The average molecular weight is 524 g/mol. The summed E-state index contributed by atoms with van der Waals surface area (Å²) in [5.74, 6) is -4.02. The Labute approximate surface area is 219 Å². The summed E-state index contributed by atoms with van der Waals surface area (Å²) in [5.41, 5.74) is -2.17. The molecule has 1 aromatic rings. The van der Waals surface area contributed by atoms with Gasteiger partial charge in [-0.15, -0.1) is 0 Å². The van der Waals surface area contributed by atoms with Crippen LogP contribution in [0.2, 0.25) is 0 Å². The maximum atomic E-state index is 15.5. The number of hydrogen-bond acceptors (Lipinski definition) is 7. The zero-order valence-corrected chi connectivity index (χ0v) is 23.3. The monoisotopic (exact) mass is 523 g/mol. The van der Waals surface area contributed by atoms with E-state index < -0.39 is 65.0 Å². The molecule has 1 rings (SSSR count). The fourth-order valence-electron chi connectivity index (χ4n) is 3.76. The number of nitrogens with one attached hydrogen (secondary N) is 3. The Hall–Kier alpha value is -3.01. The molecule has 4 atom stereocenters. The number of hydrogen-bond donors (Lipinski definition) is 3. The summed E-state index contributed by atoms with van der Waals surface area (Å²) in [6, 6.07) is 5.54. The van der Waals surface area contributed by atoms with Crippen LogP contribution in [0.4, 0.5) is 9.18 Å². The van der Waals surface area contributed by atoms with Crippen molar-refractivity contribution in [1.29, 1.82) is 0 Å². The van der Waals surface area contributed by atoms with Crippen molar-refractivity contribution in [2.75, 3.05) is 7.05 Å². The van der Waals surface area contributed by atoms with Crippen molar-refractivity contribution in [3.05, 3.63) is 35.9 Å². The van der Waals surface area contributed by atoms with E-state index in [1.54, 1.807) is 46.8 Å². The summed E-state index contributed by atoms with van der Waals surface area (Å²) in [4.78, 5) is 51.6. The summed E-state index contributed by atoms with van der Waals surface area (Å²) < 4.78 is 26.0. The summed E-state index contributed by atoms with van der Waals surface area (Å²) in [6.45, 7) is 12.3. The van der Waals surface area contributed by atoms with Crippen LogP contribution in [0.1, 0.15) is 61.0 Å². The predicted molar refractivity (Wildman–Crippen MR) is 138 cm³/mol. The van der Waals surface area contributed by atoms with E-state index in [1.165, 1.54) is 27.8 Å². The molecule has 0 heterocycles. The van der Waals surface area contributed by atoms with Gasteiger partial charge in [0.25, 0.3) is 0 Å². The average Bonchev–Trinajstić information content (AvgIpc) is 2.77. The Morgan fingerprint density at radius 1 is 0.919 bits per heavy atom. The van der Waals surface area contributed by atoms with E-state index in [4.69, 9.17) is 9.47 Å². The van der Waals surface area contributed by atoms with E-state index in [1.807, 2.05) is 18.2 Å².